The number of rotatable bonds is 6. The first kappa shape index (κ1) is 26.9. The van der Waals surface area contributed by atoms with Crippen molar-refractivity contribution < 1.29 is 31.9 Å². The molecule has 40 heavy (non-hydrogen) atoms. The fourth-order valence-corrected chi connectivity index (χ4v) is 6.18. The molecule has 5 rings (SSSR count). The number of urea groups is 1. The molecule has 3 heterocycles. The highest BCUT2D eigenvalue weighted by molar-refractivity contribution is 7.90. The topological polar surface area (TPSA) is 114 Å². The van der Waals surface area contributed by atoms with Crippen molar-refractivity contribution in [1.82, 2.24) is 13.9 Å². The van der Waals surface area contributed by atoms with Gasteiger partial charge in [0.1, 0.15) is 11.4 Å². The quantitative estimate of drug-likeness (QED) is 0.349. The molecule has 0 bridgehead atoms. The van der Waals surface area contributed by atoms with Crippen LogP contribution in [0.25, 0.3) is 11.0 Å². The zero-order chi connectivity index (χ0) is 28.9. The molecule has 0 saturated heterocycles. The molecule has 1 aliphatic rings. The third kappa shape index (κ3) is 4.09. The molecule has 2 aromatic carbocycles. The van der Waals surface area contributed by atoms with Gasteiger partial charge in [0.15, 0.2) is 17.2 Å². The number of anilines is 2. The van der Waals surface area contributed by atoms with Gasteiger partial charge in [0.05, 0.1) is 37.0 Å². The van der Waals surface area contributed by atoms with Crippen LogP contribution < -0.4 is 19.3 Å². The van der Waals surface area contributed by atoms with Crippen LogP contribution in [0.3, 0.4) is 0 Å². The molecule has 4 aromatic rings. The summed E-state index contributed by atoms with van der Waals surface area (Å²) in [5, 5.41) is 0.279. The van der Waals surface area contributed by atoms with Crippen LogP contribution in [-0.2, 0) is 16.6 Å². The van der Waals surface area contributed by atoms with E-state index < -0.39 is 27.8 Å². The van der Waals surface area contributed by atoms with Crippen LogP contribution in [0.5, 0.6) is 11.5 Å². The van der Waals surface area contributed by atoms with Gasteiger partial charge in [0.2, 0.25) is 0 Å². The van der Waals surface area contributed by atoms with Crippen LogP contribution in [0.4, 0.5) is 20.6 Å². The van der Waals surface area contributed by atoms with Gasteiger partial charge < -0.3 is 14.4 Å². The Balaban J connectivity index is 1.73. The molecule has 2 aromatic heterocycles. The molecule has 0 spiro atoms. The molecule has 13 heteroatoms. The number of amides is 3. The summed E-state index contributed by atoms with van der Waals surface area (Å²) in [5.74, 6) is -1.12. The molecule has 3 amide bonds. The average molecular weight is 568 g/mol. The normalized spacial score (nSPS) is 13.4. The van der Waals surface area contributed by atoms with Gasteiger partial charge in [-0.05, 0) is 18.2 Å². The van der Waals surface area contributed by atoms with E-state index in [0.717, 1.165) is 3.97 Å². The van der Waals surface area contributed by atoms with E-state index in [1.807, 2.05) is 0 Å². The summed E-state index contributed by atoms with van der Waals surface area (Å²) in [4.78, 5) is 34.9. The number of nitrogens with zero attached hydrogens (tertiary/aromatic N) is 5. The molecule has 208 valence electrons. The number of aromatic nitrogens is 2. The van der Waals surface area contributed by atoms with E-state index in [2.05, 4.69) is 4.98 Å². The highest BCUT2D eigenvalue weighted by Gasteiger charge is 2.36. The predicted molar refractivity (Wildman–Crippen MR) is 146 cm³/mol. The second-order valence-electron chi connectivity index (χ2n) is 9.27. The largest absolute Gasteiger partial charge is 0.497 e. The van der Waals surface area contributed by atoms with Crippen molar-refractivity contribution in [3.8, 4) is 11.5 Å². The average Bonchev–Trinajstić information content (AvgIpc) is 3.35. The monoisotopic (exact) mass is 567 g/mol. The van der Waals surface area contributed by atoms with Crippen LogP contribution >= 0.6 is 0 Å². The number of methoxy groups -OCH3 is 2. The maximum absolute atomic E-state index is 15.3. The van der Waals surface area contributed by atoms with Crippen molar-refractivity contribution in [2.24, 2.45) is 0 Å². The van der Waals surface area contributed by atoms with Gasteiger partial charge in [-0.3, -0.25) is 14.6 Å². The highest BCUT2D eigenvalue weighted by Crippen LogP contribution is 2.41. The summed E-state index contributed by atoms with van der Waals surface area (Å²) in [6.07, 6.45) is 1.42. The third-order valence-corrected chi connectivity index (χ3v) is 8.38. The SMILES string of the molecule is COc1cc(OC)c(F)c(N2Cc3cnc4c(cc(C(=O)N(C)C)n4S(=O)(=O)c4ccccc4)c3N(C)C2=O)c1. The van der Waals surface area contributed by atoms with Gasteiger partial charge >= 0.3 is 6.03 Å². The van der Waals surface area contributed by atoms with Gasteiger partial charge in [0, 0.05) is 50.4 Å². The summed E-state index contributed by atoms with van der Waals surface area (Å²) < 4.78 is 54.1. The molecule has 11 nitrogen and oxygen atoms in total. The van der Waals surface area contributed by atoms with Crippen molar-refractivity contribution in [3.63, 3.8) is 0 Å². The summed E-state index contributed by atoms with van der Waals surface area (Å²) >= 11 is 0. The maximum atomic E-state index is 15.3. The van der Waals surface area contributed by atoms with Gasteiger partial charge in [-0.1, -0.05) is 18.2 Å². The van der Waals surface area contributed by atoms with Crippen molar-refractivity contribution in [3.05, 3.63) is 71.8 Å². The first-order valence-corrected chi connectivity index (χ1v) is 13.5. The van der Waals surface area contributed by atoms with Crippen LogP contribution in [0.2, 0.25) is 0 Å². The van der Waals surface area contributed by atoms with E-state index in [9.17, 15) is 18.0 Å². The van der Waals surface area contributed by atoms with Crippen LogP contribution in [0, 0.1) is 5.82 Å². The van der Waals surface area contributed by atoms with Gasteiger partial charge in [0.25, 0.3) is 15.9 Å². The minimum Gasteiger partial charge on any atom is -0.497 e. The number of fused-ring (bicyclic) bond motifs is 3. The van der Waals surface area contributed by atoms with E-state index in [1.165, 1.54) is 86.6 Å². The summed E-state index contributed by atoms with van der Waals surface area (Å²) in [6, 6.07) is 11.3. The zero-order valence-corrected chi connectivity index (χ0v) is 23.2. The smallest absolute Gasteiger partial charge is 0.329 e. The minimum absolute atomic E-state index is 0.0184. The van der Waals surface area contributed by atoms with Crippen LogP contribution in [0.1, 0.15) is 16.1 Å². The molecule has 0 fully saturated rings. The number of ether oxygens (including phenoxy) is 2. The van der Waals surface area contributed by atoms with Gasteiger partial charge in [-0.2, -0.15) is 0 Å². The fourth-order valence-electron chi connectivity index (χ4n) is 4.71. The van der Waals surface area contributed by atoms with E-state index in [0.29, 0.717) is 11.3 Å². The van der Waals surface area contributed by atoms with Crippen molar-refractivity contribution in [2.45, 2.75) is 11.4 Å². The Morgan fingerprint density at radius 2 is 1.77 bits per heavy atom. The number of halogens is 1. The molecule has 0 atom stereocenters. The Labute approximate surface area is 230 Å². The van der Waals surface area contributed by atoms with Crippen molar-refractivity contribution >= 4 is 44.4 Å². The number of carbonyl (C=O) groups is 2. The van der Waals surface area contributed by atoms with E-state index in [1.54, 1.807) is 18.2 Å². The number of carbonyl (C=O) groups excluding carboxylic acids is 2. The molecular formula is C27H26FN5O6S. The lowest BCUT2D eigenvalue weighted by atomic mass is 10.1. The fraction of sp³-hybridized carbons (Fsp3) is 0.222. The molecule has 0 saturated carbocycles. The van der Waals surface area contributed by atoms with E-state index in [4.69, 9.17) is 9.47 Å². The second kappa shape index (κ2) is 9.83. The highest BCUT2D eigenvalue weighted by atomic mass is 32.2. The standard InChI is InChI=1S/C27H26FN5O6S/c1-30(2)26(34)21-13-19-24-16(14-29-25(19)33(21)40(36,37)18-9-7-6-8-10-18)15-32(27(35)31(24)3)20-11-17(38-4)12-22(39-5)23(20)28/h6-14H,15H2,1-5H3. The lowest BCUT2D eigenvalue weighted by Gasteiger charge is -2.35. The van der Waals surface area contributed by atoms with Crippen molar-refractivity contribution in [2.75, 3.05) is 45.2 Å². The number of hydrogen-bond donors (Lipinski definition) is 0. The Bertz CT molecular complexity index is 1770. The first-order valence-electron chi connectivity index (χ1n) is 12.0. The summed E-state index contributed by atoms with van der Waals surface area (Å²) in [5.41, 5.74) is 0.642. The first-order chi connectivity index (χ1) is 19.0. The lowest BCUT2D eigenvalue weighted by Crippen LogP contribution is -2.45. The molecule has 1 aliphatic heterocycles. The number of benzene rings is 2. The number of hydrogen-bond acceptors (Lipinski definition) is 7. The van der Waals surface area contributed by atoms with Crippen molar-refractivity contribution in [1.29, 1.82) is 0 Å². The Hall–Kier alpha value is -4.65. The number of pyridine rings is 1. The molecule has 0 unspecified atom stereocenters. The van der Waals surface area contributed by atoms with Gasteiger partial charge in [-0.25, -0.2) is 26.6 Å². The third-order valence-electron chi connectivity index (χ3n) is 6.66. The lowest BCUT2D eigenvalue weighted by molar-refractivity contribution is 0.0821. The summed E-state index contributed by atoms with van der Waals surface area (Å²) in [7, 11) is 2.97. The maximum Gasteiger partial charge on any atom is 0.329 e. The summed E-state index contributed by atoms with van der Waals surface area (Å²) in [6.45, 7) is -0.0811. The van der Waals surface area contributed by atoms with Gasteiger partial charge in [-0.15, -0.1) is 0 Å². The zero-order valence-electron chi connectivity index (χ0n) is 22.4. The Kier molecular flexibility index (Phi) is 6.62. The Morgan fingerprint density at radius 3 is 2.40 bits per heavy atom. The Morgan fingerprint density at radius 1 is 1.07 bits per heavy atom. The second-order valence-corrected chi connectivity index (χ2v) is 11.1. The minimum atomic E-state index is -4.25. The van der Waals surface area contributed by atoms with E-state index >= 15 is 4.39 Å². The molecule has 0 aliphatic carbocycles. The molecule has 0 radical (unpaired) electrons. The van der Waals surface area contributed by atoms with E-state index in [-0.39, 0.29) is 45.4 Å². The van der Waals surface area contributed by atoms with Crippen LogP contribution in [-0.4, -0.2) is 69.6 Å². The predicted octanol–water partition coefficient (Wildman–Crippen LogP) is 3.71. The molecule has 0 N–H and O–H groups in total. The molecular weight excluding hydrogens is 541 g/mol. The van der Waals surface area contributed by atoms with Crippen LogP contribution in [0.15, 0.2) is 59.6 Å².